The predicted molar refractivity (Wildman–Crippen MR) is 176 cm³/mol. The molecule has 54 heavy (non-hydrogen) atoms. The van der Waals surface area contributed by atoms with Gasteiger partial charge in [-0.1, -0.05) is 0 Å². The third-order valence-corrected chi connectivity index (χ3v) is 9.31. The van der Waals surface area contributed by atoms with Crippen molar-refractivity contribution in [1.29, 1.82) is 0 Å². The molecular weight excluding hydrogens is 728 g/mol. The van der Waals surface area contributed by atoms with Gasteiger partial charge in [0.2, 0.25) is 0 Å². The van der Waals surface area contributed by atoms with E-state index in [2.05, 4.69) is 0 Å². The number of carbonyl (C=O) groups excluding carboxylic acids is 1. The van der Waals surface area contributed by atoms with Crippen molar-refractivity contribution in [2.24, 2.45) is 0 Å². The van der Waals surface area contributed by atoms with Crippen molar-refractivity contribution in [3.63, 3.8) is 0 Å². The highest BCUT2D eigenvalue weighted by molar-refractivity contribution is 5.92. The van der Waals surface area contributed by atoms with Gasteiger partial charge in [-0.3, -0.25) is 14.4 Å². The molecule has 0 spiro atoms. The summed E-state index contributed by atoms with van der Waals surface area (Å²) in [4.78, 5) is 38.2. The number of aliphatic carboxylic acids is 1. The van der Waals surface area contributed by atoms with E-state index < -0.39 is 144 Å². The predicted octanol–water partition coefficient (Wildman–Crippen LogP) is -2.22. The number of methoxy groups -OCH3 is 1. The largest absolute Gasteiger partial charge is 0.507 e. The molecule has 20 nitrogen and oxygen atoms in total. The first-order valence-electron chi connectivity index (χ1n) is 16.3. The monoisotopic (exact) mass is 768 g/mol. The number of phenolic OH excluding ortho intramolecular Hbond substituents is 3. The maximum absolute atomic E-state index is 13.9. The van der Waals surface area contributed by atoms with E-state index >= 15 is 0 Å². The van der Waals surface area contributed by atoms with Crippen molar-refractivity contribution in [3.05, 3.63) is 45.6 Å². The van der Waals surface area contributed by atoms with Crippen molar-refractivity contribution < 1.29 is 94.2 Å². The van der Waals surface area contributed by atoms with Crippen molar-refractivity contribution in [1.82, 2.24) is 0 Å². The first-order chi connectivity index (χ1) is 25.3. The van der Waals surface area contributed by atoms with Crippen LogP contribution in [0.2, 0.25) is 0 Å². The number of carbonyl (C=O) groups is 2. The molecule has 3 aromatic rings. The van der Waals surface area contributed by atoms with Crippen molar-refractivity contribution in [2.45, 2.75) is 86.4 Å². The lowest BCUT2D eigenvalue weighted by atomic mass is 9.85. The fraction of sp³-hybridized carbons (Fsp3) is 0.500. The average molecular weight is 769 g/mol. The molecule has 3 heterocycles. The number of carboxylic acid groups (broad SMARTS) is 1. The molecule has 2 aliphatic rings. The van der Waals surface area contributed by atoms with E-state index in [1.807, 2.05) is 0 Å². The third-order valence-electron chi connectivity index (χ3n) is 9.31. The Morgan fingerprint density at radius 2 is 1.43 bits per heavy atom. The van der Waals surface area contributed by atoms with Crippen molar-refractivity contribution >= 4 is 22.9 Å². The van der Waals surface area contributed by atoms with E-state index in [0.29, 0.717) is 0 Å². The van der Waals surface area contributed by atoms with Gasteiger partial charge in [-0.2, -0.15) is 0 Å². The minimum atomic E-state index is -2.19. The van der Waals surface area contributed by atoms with Crippen molar-refractivity contribution in [2.75, 3.05) is 20.3 Å². The van der Waals surface area contributed by atoms with Gasteiger partial charge in [-0.15, -0.1) is 0 Å². The zero-order valence-corrected chi connectivity index (χ0v) is 28.5. The Balaban J connectivity index is 1.78. The molecule has 11 atom stereocenters. The highest BCUT2D eigenvalue weighted by atomic mass is 16.6. The molecule has 1 aromatic heterocycles. The number of fused-ring (bicyclic) bond motifs is 1. The lowest BCUT2D eigenvalue weighted by molar-refractivity contribution is -0.243. The summed E-state index contributed by atoms with van der Waals surface area (Å²) in [6.45, 7) is -0.940. The number of aliphatic hydroxyl groups is 8. The Kier molecular flexibility index (Phi) is 11.7. The summed E-state index contributed by atoms with van der Waals surface area (Å²) >= 11 is 0. The van der Waals surface area contributed by atoms with Crippen LogP contribution < -0.4 is 10.2 Å². The minimum absolute atomic E-state index is 0.0517. The lowest BCUT2D eigenvalue weighted by Gasteiger charge is -2.43. The molecular formula is C34H40O20. The van der Waals surface area contributed by atoms with Crippen LogP contribution in [0.5, 0.6) is 23.0 Å². The topological polar surface area (TPSA) is 344 Å². The molecule has 12 N–H and O–H groups in total. The number of aliphatic hydroxyl groups excluding tert-OH is 7. The number of hydrogen-bond donors (Lipinski definition) is 12. The average Bonchev–Trinajstić information content (AvgIpc) is 3.10. The SMILES string of the molecule is COc1cc(-c2cc(=O)c3c(O)c([C@@H]4O[C@H](CO)[C@@H](O)[C@H](O)[C@H]4OC(=O)CC(C)(O)CC(=O)O)c(O)c([C@@H]4O[C@H](CO)[C@@H](O)[C@H](O)[C@H]4O)c3o2)ccc1O. The van der Waals surface area contributed by atoms with E-state index in [1.54, 1.807) is 0 Å². The Labute approximate surface area is 303 Å². The molecule has 0 amide bonds. The van der Waals surface area contributed by atoms with Gasteiger partial charge in [0.15, 0.2) is 28.6 Å². The Bertz CT molecular complexity index is 1940. The second-order valence-corrected chi connectivity index (χ2v) is 13.3. The molecule has 1 unspecified atom stereocenters. The number of benzene rings is 2. The Hall–Kier alpha value is -4.61. The maximum Gasteiger partial charge on any atom is 0.309 e. The second kappa shape index (κ2) is 15.6. The summed E-state index contributed by atoms with van der Waals surface area (Å²) in [7, 11) is 1.25. The Morgan fingerprint density at radius 3 is 2.02 bits per heavy atom. The number of aromatic hydroxyl groups is 3. The minimum Gasteiger partial charge on any atom is -0.507 e. The highest BCUT2D eigenvalue weighted by Crippen LogP contribution is 2.51. The molecule has 0 aliphatic carbocycles. The standard InChI is InChI=1S/C34H40O20/c1-34(49,7-18(39)40)8-19(41)54-33-28(47)24(43)17(10-36)53-32(33)21-25(44)20-13(38)6-14(11-3-4-12(37)15(5-11)50-2)51-30(20)22(26(21)45)31-29(48)27(46)23(42)16(9-35)52-31/h3-6,16-17,23-24,27-29,31-33,35-37,42-49H,7-10H2,1-2H3,(H,39,40)/t16-,17-,23-,24-,27+,28+,29-,31+,32+,33-,34?/m1/s1. The van der Waals surface area contributed by atoms with Crippen LogP contribution in [0.1, 0.15) is 43.1 Å². The number of ether oxygens (including phenoxy) is 4. The Morgan fingerprint density at radius 1 is 0.815 bits per heavy atom. The molecule has 5 rings (SSSR count). The van der Waals surface area contributed by atoms with Gasteiger partial charge in [0.05, 0.1) is 49.9 Å². The number of hydrogen-bond acceptors (Lipinski definition) is 19. The van der Waals surface area contributed by atoms with Gasteiger partial charge in [0, 0.05) is 11.6 Å². The van der Waals surface area contributed by atoms with Crippen LogP contribution in [-0.4, -0.2) is 148 Å². The van der Waals surface area contributed by atoms with Crippen LogP contribution in [0, 0.1) is 0 Å². The summed E-state index contributed by atoms with van der Waals surface area (Å²) in [5.74, 6) is -5.74. The zero-order chi connectivity index (χ0) is 40.0. The molecule has 0 saturated carbocycles. The summed E-state index contributed by atoms with van der Waals surface area (Å²) in [5.41, 5.74) is -5.40. The third kappa shape index (κ3) is 7.53. The molecule has 0 bridgehead atoms. The van der Waals surface area contributed by atoms with Crippen LogP contribution in [-0.2, 0) is 23.8 Å². The van der Waals surface area contributed by atoms with Crippen molar-refractivity contribution in [3.8, 4) is 34.3 Å². The van der Waals surface area contributed by atoms with Crippen LogP contribution in [0.25, 0.3) is 22.3 Å². The van der Waals surface area contributed by atoms with Crippen LogP contribution in [0.15, 0.2) is 33.5 Å². The number of rotatable bonds is 11. The summed E-state index contributed by atoms with van der Waals surface area (Å²) in [5, 5.41) is 127. The quantitative estimate of drug-likeness (QED) is 0.0919. The highest BCUT2D eigenvalue weighted by Gasteiger charge is 2.52. The molecule has 296 valence electrons. The van der Waals surface area contributed by atoms with Gasteiger partial charge >= 0.3 is 11.9 Å². The number of phenols is 3. The van der Waals surface area contributed by atoms with Gasteiger partial charge in [0.1, 0.15) is 77.6 Å². The van der Waals surface area contributed by atoms with Crippen LogP contribution in [0.3, 0.4) is 0 Å². The summed E-state index contributed by atoms with van der Waals surface area (Å²) in [6.07, 6.45) is -21.7. The normalized spacial score (nSPS) is 29.7. The molecule has 0 radical (unpaired) electrons. The van der Waals surface area contributed by atoms with E-state index in [-0.39, 0.29) is 22.8 Å². The van der Waals surface area contributed by atoms with E-state index in [4.69, 9.17) is 28.5 Å². The lowest BCUT2D eigenvalue weighted by Crippen LogP contribution is -2.57. The maximum atomic E-state index is 13.9. The van der Waals surface area contributed by atoms with Crippen LogP contribution in [0.4, 0.5) is 0 Å². The van der Waals surface area contributed by atoms with Gasteiger partial charge in [0.25, 0.3) is 0 Å². The first kappa shape index (κ1) is 40.6. The first-order valence-corrected chi connectivity index (χ1v) is 16.3. The summed E-state index contributed by atoms with van der Waals surface area (Å²) < 4.78 is 27.9. The smallest absolute Gasteiger partial charge is 0.309 e. The van der Waals surface area contributed by atoms with Gasteiger partial charge < -0.3 is 84.6 Å². The van der Waals surface area contributed by atoms with E-state index in [9.17, 15) is 70.6 Å². The molecule has 2 aliphatic heterocycles. The van der Waals surface area contributed by atoms with Gasteiger partial charge in [-0.05, 0) is 25.1 Å². The zero-order valence-electron chi connectivity index (χ0n) is 28.5. The molecule has 2 aromatic carbocycles. The number of carboxylic acids is 1. The second-order valence-electron chi connectivity index (χ2n) is 13.3. The number of esters is 1. The van der Waals surface area contributed by atoms with Gasteiger partial charge in [-0.25, -0.2) is 0 Å². The molecule has 2 saturated heterocycles. The van der Waals surface area contributed by atoms with E-state index in [0.717, 1.165) is 13.0 Å². The summed E-state index contributed by atoms with van der Waals surface area (Å²) in [6, 6.07) is 4.67. The molecule has 2 fully saturated rings. The van der Waals surface area contributed by atoms with E-state index in [1.165, 1.54) is 25.3 Å². The molecule has 20 heteroatoms. The fourth-order valence-electron chi connectivity index (χ4n) is 6.60. The van der Waals surface area contributed by atoms with Crippen LogP contribution >= 0.6 is 0 Å². The fourth-order valence-corrected chi connectivity index (χ4v) is 6.60.